The zero-order valence-electron chi connectivity index (χ0n) is 10.2. The Morgan fingerprint density at radius 1 is 1.25 bits per heavy atom. The van der Waals surface area contributed by atoms with E-state index in [4.69, 9.17) is 0 Å². The van der Waals surface area contributed by atoms with Gasteiger partial charge in [0.1, 0.15) is 11.4 Å². The van der Waals surface area contributed by atoms with Crippen LogP contribution < -0.4 is 4.74 Å². The number of aromatic nitrogens is 2. The van der Waals surface area contributed by atoms with Gasteiger partial charge in [0.15, 0.2) is 0 Å². The predicted octanol–water partition coefficient (Wildman–Crippen LogP) is 2.76. The Morgan fingerprint density at radius 2 is 1.90 bits per heavy atom. The molecule has 0 spiro atoms. The molecule has 0 radical (unpaired) electrons. The van der Waals surface area contributed by atoms with Crippen LogP contribution in [0.3, 0.4) is 0 Å². The third-order valence-electron chi connectivity index (χ3n) is 2.37. The molecule has 1 aromatic heterocycles. The number of methoxy groups -OCH3 is 1. The molecule has 0 saturated heterocycles. The molecule has 106 valence electrons. The Labute approximate surface area is 111 Å². The second-order valence-electron chi connectivity index (χ2n) is 3.73. The van der Waals surface area contributed by atoms with Gasteiger partial charge in [0.25, 0.3) is 0 Å². The number of nitrogens with zero attached hydrogens (tertiary/aromatic N) is 1. The molecule has 1 heterocycles. The molecule has 0 saturated carbocycles. The monoisotopic (exact) mass is 286 g/mol. The third-order valence-corrected chi connectivity index (χ3v) is 2.37. The van der Waals surface area contributed by atoms with E-state index in [2.05, 4.69) is 19.7 Å². The summed E-state index contributed by atoms with van der Waals surface area (Å²) in [6, 6.07) is 6.56. The van der Waals surface area contributed by atoms with E-state index in [0.717, 1.165) is 12.1 Å². The third kappa shape index (κ3) is 3.28. The highest BCUT2D eigenvalue weighted by atomic mass is 19.4. The first kappa shape index (κ1) is 13.9. The fourth-order valence-electron chi connectivity index (χ4n) is 1.51. The van der Waals surface area contributed by atoms with Crippen molar-refractivity contribution in [2.75, 3.05) is 7.11 Å². The molecule has 20 heavy (non-hydrogen) atoms. The van der Waals surface area contributed by atoms with Gasteiger partial charge in [-0.3, -0.25) is 5.10 Å². The molecule has 1 aromatic carbocycles. The summed E-state index contributed by atoms with van der Waals surface area (Å²) in [4.78, 5) is 11.2. The predicted molar refractivity (Wildman–Crippen MR) is 62.0 cm³/mol. The molecule has 0 aliphatic carbocycles. The van der Waals surface area contributed by atoms with E-state index in [1.165, 1.54) is 25.3 Å². The summed E-state index contributed by atoms with van der Waals surface area (Å²) in [6.45, 7) is 0. The van der Waals surface area contributed by atoms with Crippen LogP contribution in [-0.4, -0.2) is 29.6 Å². The zero-order chi connectivity index (χ0) is 14.8. The second kappa shape index (κ2) is 5.24. The lowest BCUT2D eigenvalue weighted by atomic mass is 10.1. The summed E-state index contributed by atoms with van der Waals surface area (Å²) in [5, 5.41) is 6.34. The summed E-state index contributed by atoms with van der Waals surface area (Å²) in [5.74, 6) is -0.911. The van der Waals surface area contributed by atoms with Crippen LogP contribution in [0.4, 0.5) is 13.2 Å². The maximum atomic E-state index is 12.0. The van der Waals surface area contributed by atoms with Gasteiger partial charge < -0.3 is 9.47 Å². The summed E-state index contributed by atoms with van der Waals surface area (Å²) in [6.07, 6.45) is -4.73. The molecule has 2 rings (SSSR count). The minimum absolute atomic E-state index is 0.151. The normalized spacial score (nSPS) is 11.2. The van der Waals surface area contributed by atoms with Crippen molar-refractivity contribution in [2.45, 2.75) is 6.36 Å². The van der Waals surface area contributed by atoms with Crippen LogP contribution >= 0.6 is 0 Å². The Hall–Kier alpha value is -2.51. The minimum Gasteiger partial charge on any atom is -0.464 e. The molecule has 1 N–H and O–H groups in total. The van der Waals surface area contributed by atoms with Crippen LogP contribution in [0.25, 0.3) is 11.3 Å². The lowest BCUT2D eigenvalue weighted by molar-refractivity contribution is -0.274. The van der Waals surface area contributed by atoms with Gasteiger partial charge in [-0.1, -0.05) is 0 Å². The molecule has 0 unspecified atom stereocenters. The van der Waals surface area contributed by atoms with Crippen molar-refractivity contribution >= 4 is 5.97 Å². The fourth-order valence-corrected chi connectivity index (χ4v) is 1.51. The number of ether oxygens (including phenoxy) is 2. The van der Waals surface area contributed by atoms with Crippen LogP contribution in [0.1, 0.15) is 10.5 Å². The first-order chi connectivity index (χ1) is 9.39. The van der Waals surface area contributed by atoms with E-state index in [-0.39, 0.29) is 11.4 Å². The first-order valence-corrected chi connectivity index (χ1v) is 5.39. The van der Waals surface area contributed by atoms with Gasteiger partial charge in [0.05, 0.1) is 12.8 Å². The van der Waals surface area contributed by atoms with Gasteiger partial charge in [-0.25, -0.2) is 4.79 Å². The molecule has 0 bridgehead atoms. The molecule has 0 fully saturated rings. The Bertz CT molecular complexity index is 605. The number of carbonyl (C=O) groups is 1. The van der Waals surface area contributed by atoms with Gasteiger partial charge in [-0.05, 0) is 30.3 Å². The largest absolute Gasteiger partial charge is 0.573 e. The zero-order valence-corrected chi connectivity index (χ0v) is 10.2. The van der Waals surface area contributed by atoms with Crippen LogP contribution in [0, 0.1) is 0 Å². The average Bonchev–Trinajstić information content (AvgIpc) is 2.86. The maximum absolute atomic E-state index is 12.0. The lowest BCUT2D eigenvalue weighted by Crippen LogP contribution is -2.16. The van der Waals surface area contributed by atoms with Crippen LogP contribution in [0.15, 0.2) is 30.3 Å². The van der Waals surface area contributed by atoms with Crippen LogP contribution in [0.2, 0.25) is 0 Å². The number of alkyl halides is 3. The Balaban J connectivity index is 2.18. The standard InChI is InChI=1S/C12H9F3N2O3/c1-19-11(18)10-6-9(16-17-10)7-2-4-8(5-3-7)20-12(13,14)15/h2-6H,1H3,(H,16,17). The summed E-state index contributed by atoms with van der Waals surface area (Å²) < 4.78 is 44.3. The lowest BCUT2D eigenvalue weighted by Gasteiger charge is -2.08. The van der Waals surface area contributed by atoms with Gasteiger partial charge in [0, 0.05) is 5.56 Å². The number of carbonyl (C=O) groups excluding carboxylic acids is 1. The molecule has 2 aromatic rings. The number of hydrogen-bond acceptors (Lipinski definition) is 4. The van der Waals surface area contributed by atoms with Crippen molar-refractivity contribution in [3.63, 3.8) is 0 Å². The Morgan fingerprint density at radius 3 is 2.45 bits per heavy atom. The van der Waals surface area contributed by atoms with E-state index >= 15 is 0 Å². The molecule has 0 aliphatic rings. The number of nitrogens with one attached hydrogen (secondary N) is 1. The molecule has 0 amide bonds. The number of aromatic amines is 1. The molecular weight excluding hydrogens is 277 g/mol. The maximum Gasteiger partial charge on any atom is 0.573 e. The van der Waals surface area contributed by atoms with E-state index in [9.17, 15) is 18.0 Å². The van der Waals surface area contributed by atoms with Crippen molar-refractivity contribution in [2.24, 2.45) is 0 Å². The molecule has 8 heteroatoms. The smallest absolute Gasteiger partial charge is 0.464 e. The highest BCUT2D eigenvalue weighted by Crippen LogP contribution is 2.25. The number of esters is 1. The quantitative estimate of drug-likeness (QED) is 0.881. The summed E-state index contributed by atoms with van der Waals surface area (Å²) in [5.41, 5.74) is 1.09. The number of H-pyrrole nitrogens is 1. The molecule has 5 nitrogen and oxygen atoms in total. The highest BCUT2D eigenvalue weighted by molar-refractivity contribution is 5.88. The molecule has 0 aliphatic heterocycles. The SMILES string of the molecule is COC(=O)c1cc(-c2ccc(OC(F)(F)F)cc2)n[nH]1. The number of halogens is 3. The van der Waals surface area contributed by atoms with Crippen LogP contribution in [0.5, 0.6) is 5.75 Å². The average molecular weight is 286 g/mol. The molecular formula is C12H9F3N2O3. The van der Waals surface area contributed by atoms with Crippen molar-refractivity contribution in [3.05, 3.63) is 36.0 Å². The van der Waals surface area contributed by atoms with Crippen molar-refractivity contribution in [1.29, 1.82) is 0 Å². The number of rotatable bonds is 3. The molecule has 0 atom stereocenters. The second-order valence-corrected chi connectivity index (χ2v) is 3.73. The van der Waals surface area contributed by atoms with Gasteiger partial charge >= 0.3 is 12.3 Å². The van der Waals surface area contributed by atoms with Crippen molar-refractivity contribution < 1.29 is 27.4 Å². The fraction of sp³-hybridized carbons (Fsp3) is 0.167. The van der Waals surface area contributed by atoms with E-state index in [1.54, 1.807) is 0 Å². The van der Waals surface area contributed by atoms with E-state index in [0.29, 0.717) is 11.3 Å². The van der Waals surface area contributed by atoms with Gasteiger partial charge in [-0.15, -0.1) is 13.2 Å². The number of benzene rings is 1. The Kier molecular flexibility index (Phi) is 3.64. The number of hydrogen-bond donors (Lipinski definition) is 1. The van der Waals surface area contributed by atoms with Gasteiger partial charge in [-0.2, -0.15) is 5.10 Å². The van der Waals surface area contributed by atoms with Crippen LogP contribution in [-0.2, 0) is 4.74 Å². The first-order valence-electron chi connectivity index (χ1n) is 5.39. The summed E-state index contributed by atoms with van der Waals surface area (Å²) >= 11 is 0. The van der Waals surface area contributed by atoms with Gasteiger partial charge in [0.2, 0.25) is 0 Å². The summed E-state index contributed by atoms with van der Waals surface area (Å²) in [7, 11) is 1.23. The highest BCUT2D eigenvalue weighted by Gasteiger charge is 2.30. The van der Waals surface area contributed by atoms with E-state index < -0.39 is 12.3 Å². The van der Waals surface area contributed by atoms with E-state index in [1.807, 2.05) is 0 Å². The van der Waals surface area contributed by atoms with Crippen molar-refractivity contribution in [3.8, 4) is 17.0 Å². The van der Waals surface area contributed by atoms with Crippen molar-refractivity contribution in [1.82, 2.24) is 10.2 Å². The minimum atomic E-state index is -4.73. The topological polar surface area (TPSA) is 64.2 Å².